The van der Waals surface area contributed by atoms with Gasteiger partial charge in [0.2, 0.25) is 0 Å². The van der Waals surface area contributed by atoms with Gasteiger partial charge in [0.15, 0.2) is 0 Å². The first-order valence-corrected chi connectivity index (χ1v) is 8.04. The number of hydrogen-bond donors (Lipinski definition) is 1. The zero-order chi connectivity index (χ0) is 14.5. The van der Waals surface area contributed by atoms with Gasteiger partial charge in [0.25, 0.3) is 0 Å². The van der Waals surface area contributed by atoms with E-state index in [1.807, 2.05) is 53.2 Å². The van der Waals surface area contributed by atoms with Gasteiger partial charge in [-0.05, 0) is 23.6 Å². The zero-order valence-electron chi connectivity index (χ0n) is 11.0. The van der Waals surface area contributed by atoms with Crippen LogP contribution in [0, 0.1) is 11.3 Å². The number of aromatic nitrogens is 1. The van der Waals surface area contributed by atoms with E-state index < -0.39 is 0 Å². The van der Waals surface area contributed by atoms with Crippen molar-refractivity contribution in [2.75, 3.05) is 5.32 Å². The zero-order valence-corrected chi connectivity index (χ0v) is 12.6. The summed E-state index contributed by atoms with van der Waals surface area (Å²) in [6.07, 6.45) is 1.70. The number of nitrogens with one attached hydrogen (secondary N) is 1. The Kier molecular flexibility index (Phi) is 4.10. The second-order valence-electron chi connectivity index (χ2n) is 4.20. The Balaban J connectivity index is 1.82. The van der Waals surface area contributed by atoms with Crippen molar-refractivity contribution in [2.45, 2.75) is 0 Å². The van der Waals surface area contributed by atoms with Gasteiger partial charge in [0.1, 0.15) is 16.6 Å². The maximum Gasteiger partial charge on any atom is 0.136 e. The summed E-state index contributed by atoms with van der Waals surface area (Å²) in [6, 6.07) is 16.0. The number of benzene rings is 1. The van der Waals surface area contributed by atoms with Gasteiger partial charge in [-0.2, -0.15) is 5.26 Å². The largest absolute Gasteiger partial charge is 0.360 e. The first-order valence-electron chi connectivity index (χ1n) is 6.28. The van der Waals surface area contributed by atoms with Crippen molar-refractivity contribution in [3.8, 4) is 16.6 Å². The van der Waals surface area contributed by atoms with Gasteiger partial charge in [-0.3, -0.25) is 0 Å². The molecular weight excluding hydrogens is 298 g/mol. The third-order valence-corrected chi connectivity index (χ3v) is 4.55. The van der Waals surface area contributed by atoms with Crippen LogP contribution >= 0.6 is 22.7 Å². The molecule has 5 heteroatoms. The molecule has 1 N–H and O–H groups in total. The number of anilines is 1. The maximum absolute atomic E-state index is 9.31. The summed E-state index contributed by atoms with van der Waals surface area (Å²) in [5.41, 5.74) is 2.40. The van der Waals surface area contributed by atoms with Crippen LogP contribution in [0.4, 0.5) is 5.69 Å². The number of allylic oxidation sites excluding steroid dienone is 1. The van der Waals surface area contributed by atoms with Gasteiger partial charge in [-0.1, -0.05) is 24.3 Å². The smallest absolute Gasteiger partial charge is 0.136 e. The Morgan fingerprint density at radius 1 is 1.14 bits per heavy atom. The van der Waals surface area contributed by atoms with E-state index in [0.29, 0.717) is 5.57 Å². The Bertz CT molecular complexity index is 781. The highest BCUT2D eigenvalue weighted by molar-refractivity contribution is 7.14. The summed E-state index contributed by atoms with van der Waals surface area (Å²) in [5.74, 6) is 0. The Morgan fingerprint density at radius 2 is 2.00 bits per heavy atom. The van der Waals surface area contributed by atoms with Crippen LogP contribution in [0.15, 0.2) is 59.4 Å². The third-order valence-electron chi connectivity index (χ3n) is 2.79. The summed E-state index contributed by atoms with van der Waals surface area (Å²) >= 11 is 3.13. The normalized spacial score (nSPS) is 11.1. The summed E-state index contributed by atoms with van der Waals surface area (Å²) < 4.78 is 0. The summed E-state index contributed by atoms with van der Waals surface area (Å²) in [5, 5.41) is 17.2. The lowest BCUT2D eigenvalue weighted by molar-refractivity contribution is 1.38. The van der Waals surface area contributed by atoms with Crippen molar-refractivity contribution in [3.05, 3.63) is 64.4 Å². The van der Waals surface area contributed by atoms with Crippen LogP contribution in [-0.2, 0) is 0 Å². The topological polar surface area (TPSA) is 48.7 Å². The fourth-order valence-corrected chi connectivity index (χ4v) is 3.31. The monoisotopic (exact) mass is 309 g/mol. The van der Waals surface area contributed by atoms with Crippen molar-refractivity contribution < 1.29 is 0 Å². The molecule has 0 saturated heterocycles. The number of para-hydroxylation sites is 1. The average molecular weight is 309 g/mol. The van der Waals surface area contributed by atoms with Crippen LogP contribution in [0.5, 0.6) is 0 Å². The number of nitriles is 1. The molecule has 0 spiro atoms. The van der Waals surface area contributed by atoms with E-state index in [0.717, 1.165) is 21.3 Å². The van der Waals surface area contributed by atoms with E-state index in [2.05, 4.69) is 16.4 Å². The molecule has 0 fully saturated rings. The molecule has 0 unspecified atom stereocenters. The molecule has 0 saturated carbocycles. The SMILES string of the molecule is N#CC(=CNc1ccccc1)c1nc(-c2cccs2)cs1. The summed E-state index contributed by atoms with van der Waals surface area (Å²) in [4.78, 5) is 5.65. The molecule has 0 amide bonds. The van der Waals surface area contributed by atoms with Crippen molar-refractivity contribution in [2.24, 2.45) is 0 Å². The summed E-state index contributed by atoms with van der Waals surface area (Å²) in [7, 11) is 0. The number of hydrogen-bond acceptors (Lipinski definition) is 5. The molecule has 102 valence electrons. The second kappa shape index (κ2) is 6.35. The fourth-order valence-electron chi connectivity index (χ4n) is 1.77. The predicted molar refractivity (Wildman–Crippen MR) is 89.1 cm³/mol. The fraction of sp³-hybridized carbons (Fsp3) is 0. The molecule has 21 heavy (non-hydrogen) atoms. The van der Waals surface area contributed by atoms with Gasteiger partial charge in [0, 0.05) is 17.3 Å². The van der Waals surface area contributed by atoms with Gasteiger partial charge < -0.3 is 5.32 Å². The lowest BCUT2D eigenvalue weighted by atomic mass is 10.3. The molecule has 3 aromatic rings. The van der Waals surface area contributed by atoms with E-state index in [4.69, 9.17) is 0 Å². The Morgan fingerprint density at radius 3 is 2.71 bits per heavy atom. The molecule has 0 bridgehead atoms. The number of nitrogens with zero attached hydrogens (tertiary/aromatic N) is 2. The second-order valence-corrected chi connectivity index (χ2v) is 6.00. The lowest BCUT2D eigenvalue weighted by Gasteiger charge is -2.00. The van der Waals surface area contributed by atoms with Crippen LogP contribution < -0.4 is 5.32 Å². The minimum absolute atomic E-state index is 0.534. The highest BCUT2D eigenvalue weighted by Gasteiger charge is 2.09. The van der Waals surface area contributed by atoms with Crippen molar-refractivity contribution in [1.29, 1.82) is 5.26 Å². The highest BCUT2D eigenvalue weighted by Crippen LogP contribution is 2.28. The highest BCUT2D eigenvalue weighted by atomic mass is 32.1. The summed E-state index contributed by atoms with van der Waals surface area (Å²) in [6.45, 7) is 0. The third kappa shape index (κ3) is 3.19. The van der Waals surface area contributed by atoms with E-state index in [9.17, 15) is 5.26 Å². The molecule has 0 aliphatic carbocycles. The van der Waals surface area contributed by atoms with Gasteiger partial charge >= 0.3 is 0 Å². The number of thiophene rings is 1. The van der Waals surface area contributed by atoms with Crippen LogP contribution in [0.1, 0.15) is 5.01 Å². The van der Waals surface area contributed by atoms with E-state index >= 15 is 0 Å². The van der Waals surface area contributed by atoms with Gasteiger partial charge in [0.05, 0.1) is 10.6 Å². The maximum atomic E-state index is 9.31. The van der Waals surface area contributed by atoms with Crippen LogP contribution in [0.3, 0.4) is 0 Å². The van der Waals surface area contributed by atoms with Crippen molar-refractivity contribution in [1.82, 2.24) is 4.98 Å². The molecule has 0 radical (unpaired) electrons. The average Bonchev–Trinajstić information content (AvgIpc) is 3.20. The first-order chi connectivity index (χ1) is 10.4. The molecule has 1 aromatic carbocycles. The van der Waals surface area contributed by atoms with Crippen molar-refractivity contribution >= 4 is 33.9 Å². The minimum Gasteiger partial charge on any atom is -0.360 e. The van der Waals surface area contributed by atoms with E-state index in [-0.39, 0.29) is 0 Å². The molecule has 2 aromatic heterocycles. The quantitative estimate of drug-likeness (QED) is 0.701. The Labute approximate surface area is 130 Å². The van der Waals surface area contributed by atoms with Crippen LogP contribution in [0.25, 0.3) is 16.1 Å². The van der Waals surface area contributed by atoms with Crippen molar-refractivity contribution in [3.63, 3.8) is 0 Å². The minimum atomic E-state index is 0.534. The molecule has 0 aliphatic rings. The van der Waals surface area contributed by atoms with E-state index in [1.165, 1.54) is 11.3 Å². The van der Waals surface area contributed by atoms with Gasteiger partial charge in [-0.25, -0.2) is 4.98 Å². The van der Waals surface area contributed by atoms with Crippen LogP contribution in [-0.4, -0.2) is 4.98 Å². The molecule has 3 rings (SSSR count). The molecule has 0 aliphatic heterocycles. The Hall–Kier alpha value is -2.42. The molecule has 0 atom stereocenters. The van der Waals surface area contributed by atoms with Crippen LogP contribution in [0.2, 0.25) is 0 Å². The standard InChI is InChI=1S/C16H11N3S2/c17-9-12(10-18-13-5-2-1-3-6-13)16-19-14(11-21-16)15-7-4-8-20-15/h1-8,10-11,18H. The lowest BCUT2D eigenvalue weighted by Crippen LogP contribution is -1.90. The predicted octanol–water partition coefficient (Wildman–Crippen LogP) is 4.85. The number of thiazole rings is 1. The first kappa shape index (κ1) is 13.6. The molecule has 2 heterocycles. The van der Waals surface area contributed by atoms with Gasteiger partial charge in [-0.15, -0.1) is 22.7 Å². The van der Waals surface area contributed by atoms with E-state index in [1.54, 1.807) is 17.5 Å². The molecule has 3 nitrogen and oxygen atoms in total. The molecular formula is C16H11N3S2. The number of rotatable bonds is 4.